The minimum atomic E-state index is -3.64. The van der Waals surface area contributed by atoms with Gasteiger partial charge in [-0.25, -0.2) is 0 Å². The molecule has 0 aliphatic rings. The van der Waals surface area contributed by atoms with Crippen molar-refractivity contribution < 1.29 is 8.42 Å². The molecule has 0 aliphatic heterocycles. The van der Waals surface area contributed by atoms with Crippen LogP contribution in [0.2, 0.25) is 0 Å². The molecule has 0 fully saturated rings. The molecule has 0 spiro atoms. The van der Waals surface area contributed by atoms with Gasteiger partial charge in [-0.1, -0.05) is 56.3 Å². The maximum absolute atomic E-state index is 12.6. The van der Waals surface area contributed by atoms with Gasteiger partial charge < -0.3 is 5.73 Å². The second kappa shape index (κ2) is 8.87. The van der Waals surface area contributed by atoms with Crippen LogP contribution in [0.5, 0.6) is 0 Å². The summed E-state index contributed by atoms with van der Waals surface area (Å²) >= 11 is 0. The van der Waals surface area contributed by atoms with Crippen LogP contribution in [-0.4, -0.2) is 25.8 Å². The largest absolute Gasteiger partial charge is 0.397 e. The lowest BCUT2D eigenvalue weighted by atomic mass is 9.97. The van der Waals surface area contributed by atoms with Crippen molar-refractivity contribution >= 4 is 27.2 Å². The number of benzene rings is 2. The van der Waals surface area contributed by atoms with E-state index in [9.17, 15) is 8.42 Å². The van der Waals surface area contributed by atoms with Crippen LogP contribution in [-0.2, 0) is 10.2 Å². The zero-order valence-electron chi connectivity index (χ0n) is 15.6. The van der Waals surface area contributed by atoms with E-state index in [1.165, 1.54) is 4.31 Å². The first-order valence-corrected chi connectivity index (χ1v) is 10.3. The van der Waals surface area contributed by atoms with Crippen LogP contribution in [0.25, 0.3) is 5.57 Å². The minimum absolute atomic E-state index is 0.396. The molecular formula is C20H27N3O2S. The Bertz CT molecular complexity index is 862. The monoisotopic (exact) mass is 373 g/mol. The molecule has 26 heavy (non-hydrogen) atoms. The Morgan fingerprint density at radius 3 is 2.38 bits per heavy atom. The first kappa shape index (κ1) is 20.0. The molecule has 0 amide bonds. The SMILES string of the molecule is C/C=C(\c1ccccc1)c1ccc(N)c(NS(=O)(=O)N(CC)CCC)c1. The highest BCUT2D eigenvalue weighted by Crippen LogP contribution is 2.29. The van der Waals surface area contributed by atoms with Crippen LogP contribution in [0, 0.1) is 0 Å². The minimum Gasteiger partial charge on any atom is -0.397 e. The van der Waals surface area contributed by atoms with Gasteiger partial charge in [0.25, 0.3) is 0 Å². The van der Waals surface area contributed by atoms with Crippen LogP contribution in [0.15, 0.2) is 54.6 Å². The number of anilines is 2. The summed E-state index contributed by atoms with van der Waals surface area (Å²) in [4.78, 5) is 0. The van der Waals surface area contributed by atoms with Crippen LogP contribution in [0.4, 0.5) is 11.4 Å². The van der Waals surface area contributed by atoms with Gasteiger partial charge in [0.2, 0.25) is 0 Å². The summed E-state index contributed by atoms with van der Waals surface area (Å²) in [6.07, 6.45) is 2.76. The Kier molecular flexibility index (Phi) is 6.83. The van der Waals surface area contributed by atoms with Gasteiger partial charge in [-0.05, 0) is 42.2 Å². The Hall–Kier alpha value is -2.31. The Balaban J connectivity index is 2.39. The van der Waals surface area contributed by atoms with Gasteiger partial charge in [0.15, 0.2) is 0 Å². The molecule has 0 radical (unpaired) electrons. The summed E-state index contributed by atoms with van der Waals surface area (Å²) in [5, 5.41) is 0. The van der Waals surface area contributed by atoms with Gasteiger partial charge >= 0.3 is 10.2 Å². The number of nitrogens with zero attached hydrogens (tertiary/aromatic N) is 1. The first-order chi connectivity index (χ1) is 12.4. The predicted octanol–water partition coefficient (Wildman–Crippen LogP) is 4.11. The third-order valence-electron chi connectivity index (χ3n) is 4.14. The number of hydrogen-bond acceptors (Lipinski definition) is 3. The Morgan fingerprint density at radius 2 is 1.81 bits per heavy atom. The van der Waals surface area contributed by atoms with Crippen LogP contribution < -0.4 is 10.5 Å². The number of nitrogens with one attached hydrogen (secondary N) is 1. The zero-order chi connectivity index (χ0) is 19.2. The van der Waals surface area contributed by atoms with Gasteiger partial charge in [-0.3, -0.25) is 4.72 Å². The van der Waals surface area contributed by atoms with Crippen molar-refractivity contribution in [1.82, 2.24) is 4.31 Å². The molecule has 3 N–H and O–H groups in total. The molecule has 2 aromatic rings. The summed E-state index contributed by atoms with van der Waals surface area (Å²) in [6, 6.07) is 15.4. The van der Waals surface area contributed by atoms with E-state index < -0.39 is 10.2 Å². The van der Waals surface area contributed by atoms with Crippen molar-refractivity contribution in [1.29, 1.82) is 0 Å². The van der Waals surface area contributed by atoms with E-state index >= 15 is 0 Å². The highest BCUT2D eigenvalue weighted by Gasteiger charge is 2.20. The molecular weight excluding hydrogens is 346 g/mol. The van der Waals surface area contributed by atoms with E-state index in [0.29, 0.717) is 24.5 Å². The van der Waals surface area contributed by atoms with Crippen molar-refractivity contribution in [3.05, 3.63) is 65.7 Å². The predicted molar refractivity (Wildman–Crippen MR) is 110 cm³/mol. The third-order valence-corrected chi connectivity index (χ3v) is 5.74. The zero-order valence-corrected chi connectivity index (χ0v) is 16.4. The van der Waals surface area contributed by atoms with Crippen LogP contribution in [0.1, 0.15) is 38.3 Å². The first-order valence-electron chi connectivity index (χ1n) is 8.82. The Labute approximate surface area is 156 Å². The molecule has 0 saturated carbocycles. The van der Waals surface area contributed by atoms with E-state index in [1.54, 1.807) is 12.1 Å². The van der Waals surface area contributed by atoms with Gasteiger partial charge in [-0.2, -0.15) is 12.7 Å². The molecule has 0 heterocycles. The fraction of sp³-hybridized carbons (Fsp3) is 0.300. The fourth-order valence-corrected chi connectivity index (χ4v) is 4.18. The normalized spacial score (nSPS) is 12.4. The lowest BCUT2D eigenvalue weighted by molar-refractivity contribution is 0.431. The molecule has 0 bridgehead atoms. The third kappa shape index (κ3) is 4.65. The second-order valence-corrected chi connectivity index (χ2v) is 7.64. The van der Waals surface area contributed by atoms with Crippen molar-refractivity contribution in [3.63, 3.8) is 0 Å². The van der Waals surface area contributed by atoms with Gasteiger partial charge in [0.1, 0.15) is 0 Å². The summed E-state index contributed by atoms with van der Waals surface area (Å²) in [7, 11) is -3.64. The number of allylic oxidation sites excluding steroid dienone is 1. The smallest absolute Gasteiger partial charge is 0.301 e. The summed E-state index contributed by atoms with van der Waals surface area (Å²) in [5.74, 6) is 0. The van der Waals surface area contributed by atoms with Gasteiger partial charge in [0.05, 0.1) is 11.4 Å². The second-order valence-electron chi connectivity index (χ2n) is 5.97. The molecule has 2 aromatic carbocycles. The van der Waals surface area contributed by atoms with Crippen molar-refractivity contribution in [2.45, 2.75) is 27.2 Å². The van der Waals surface area contributed by atoms with Crippen LogP contribution in [0.3, 0.4) is 0 Å². The van der Waals surface area contributed by atoms with Crippen molar-refractivity contribution in [2.75, 3.05) is 23.5 Å². The van der Waals surface area contributed by atoms with E-state index in [-0.39, 0.29) is 0 Å². The van der Waals surface area contributed by atoms with Gasteiger partial charge in [0, 0.05) is 13.1 Å². The summed E-state index contributed by atoms with van der Waals surface area (Å²) < 4.78 is 29.3. The molecule has 0 aromatic heterocycles. The van der Waals surface area contributed by atoms with E-state index in [2.05, 4.69) is 4.72 Å². The van der Waals surface area contributed by atoms with Crippen molar-refractivity contribution in [3.8, 4) is 0 Å². The molecule has 0 saturated heterocycles. The fourth-order valence-electron chi connectivity index (χ4n) is 2.83. The lowest BCUT2D eigenvalue weighted by Crippen LogP contribution is -2.36. The molecule has 2 rings (SSSR count). The highest BCUT2D eigenvalue weighted by molar-refractivity contribution is 7.90. The maximum atomic E-state index is 12.6. The summed E-state index contributed by atoms with van der Waals surface area (Å²) in [5.41, 5.74) is 9.81. The Morgan fingerprint density at radius 1 is 1.12 bits per heavy atom. The van der Waals surface area contributed by atoms with Crippen LogP contribution >= 0.6 is 0 Å². The van der Waals surface area contributed by atoms with E-state index in [1.807, 2.05) is 63.2 Å². The molecule has 140 valence electrons. The molecule has 0 atom stereocenters. The molecule has 6 heteroatoms. The lowest BCUT2D eigenvalue weighted by Gasteiger charge is -2.21. The number of hydrogen-bond donors (Lipinski definition) is 2. The van der Waals surface area contributed by atoms with Gasteiger partial charge in [-0.15, -0.1) is 0 Å². The molecule has 5 nitrogen and oxygen atoms in total. The highest BCUT2D eigenvalue weighted by atomic mass is 32.2. The molecule has 0 aliphatic carbocycles. The quantitative estimate of drug-likeness (QED) is 0.684. The van der Waals surface area contributed by atoms with E-state index in [0.717, 1.165) is 23.1 Å². The standard InChI is InChI=1S/C20H27N3O2S/c1-4-14-23(6-3)26(24,25)22-20-15-17(12-13-19(20)21)18(5-2)16-10-8-7-9-11-16/h5,7-13,15,22H,4,6,14,21H2,1-3H3/b18-5+. The van der Waals surface area contributed by atoms with Crippen molar-refractivity contribution in [2.24, 2.45) is 0 Å². The maximum Gasteiger partial charge on any atom is 0.301 e. The molecule has 0 unspecified atom stereocenters. The topological polar surface area (TPSA) is 75.4 Å². The number of rotatable bonds is 8. The van der Waals surface area contributed by atoms with E-state index in [4.69, 9.17) is 5.73 Å². The average Bonchev–Trinajstić information content (AvgIpc) is 2.63. The number of nitrogen functional groups attached to an aromatic ring is 1. The number of nitrogens with two attached hydrogens (primary N) is 1. The summed E-state index contributed by atoms with van der Waals surface area (Å²) in [6.45, 7) is 6.61. The average molecular weight is 374 g/mol.